The highest BCUT2D eigenvalue weighted by atomic mass is 16.7. The van der Waals surface area contributed by atoms with Gasteiger partial charge >= 0.3 is 0 Å². The molecular weight excluding hydrogens is 136 g/mol. The van der Waals surface area contributed by atoms with Crippen LogP contribution in [-0.2, 0) is 9.47 Å². The second kappa shape index (κ2) is 2.84. The van der Waals surface area contributed by atoms with Gasteiger partial charge in [-0.25, -0.2) is 0 Å². The van der Waals surface area contributed by atoms with E-state index in [1.165, 1.54) is 7.11 Å². The zero-order valence-corrected chi connectivity index (χ0v) is 6.02. The lowest BCUT2D eigenvalue weighted by atomic mass is 10.2. The SMILES string of the molecule is COC1OC(C)C(O)C1O. The summed E-state index contributed by atoms with van der Waals surface area (Å²) in [4.78, 5) is 0. The number of aliphatic hydroxyl groups excluding tert-OH is 2. The van der Waals surface area contributed by atoms with Gasteiger partial charge in [-0.2, -0.15) is 0 Å². The van der Waals surface area contributed by atoms with Crippen molar-refractivity contribution in [1.29, 1.82) is 0 Å². The van der Waals surface area contributed by atoms with Gasteiger partial charge < -0.3 is 19.7 Å². The Kier molecular flexibility index (Phi) is 2.25. The predicted octanol–water partition coefficient (Wildman–Crippen LogP) is -0.901. The van der Waals surface area contributed by atoms with E-state index < -0.39 is 18.5 Å². The summed E-state index contributed by atoms with van der Waals surface area (Å²) < 4.78 is 9.74. The molecule has 0 aromatic rings. The van der Waals surface area contributed by atoms with E-state index in [1.807, 2.05) is 0 Å². The molecule has 0 spiro atoms. The Hall–Kier alpha value is -0.160. The number of rotatable bonds is 1. The van der Waals surface area contributed by atoms with Crippen LogP contribution in [0.5, 0.6) is 0 Å². The molecule has 1 aliphatic rings. The Labute approximate surface area is 59.4 Å². The molecule has 4 heteroatoms. The van der Waals surface area contributed by atoms with Crippen molar-refractivity contribution in [1.82, 2.24) is 0 Å². The molecule has 1 heterocycles. The summed E-state index contributed by atoms with van der Waals surface area (Å²) in [6, 6.07) is 0. The van der Waals surface area contributed by atoms with Gasteiger partial charge in [-0.1, -0.05) is 0 Å². The van der Waals surface area contributed by atoms with Gasteiger partial charge in [0, 0.05) is 7.11 Å². The van der Waals surface area contributed by atoms with Gasteiger partial charge in [-0.3, -0.25) is 0 Å². The van der Waals surface area contributed by atoms with Gasteiger partial charge in [-0.05, 0) is 6.92 Å². The minimum atomic E-state index is -0.917. The molecule has 0 amide bonds. The highest BCUT2D eigenvalue weighted by Gasteiger charge is 2.40. The van der Waals surface area contributed by atoms with E-state index in [2.05, 4.69) is 0 Å². The summed E-state index contributed by atoms with van der Waals surface area (Å²) in [7, 11) is 1.43. The third kappa shape index (κ3) is 1.15. The van der Waals surface area contributed by atoms with Crippen LogP contribution in [0.15, 0.2) is 0 Å². The Morgan fingerprint density at radius 1 is 1.30 bits per heavy atom. The lowest BCUT2D eigenvalue weighted by Gasteiger charge is -2.11. The molecule has 60 valence electrons. The van der Waals surface area contributed by atoms with Crippen molar-refractivity contribution in [3.05, 3.63) is 0 Å². The Morgan fingerprint density at radius 2 is 1.90 bits per heavy atom. The molecule has 0 aromatic carbocycles. The highest BCUT2D eigenvalue weighted by Crippen LogP contribution is 2.20. The maximum Gasteiger partial charge on any atom is 0.186 e. The van der Waals surface area contributed by atoms with Crippen molar-refractivity contribution in [3.63, 3.8) is 0 Å². The average molecular weight is 148 g/mol. The molecule has 1 saturated heterocycles. The lowest BCUT2D eigenvalue weighted by molar-refractivity contribution is -0.146. The standard InChI is InChI=1S/C6H12O4/c1-3-4(7)5(8)6(9-2)10-3/h3-8H,1-2H3. The third-order valence-electron chi connectivity index (χ3n) is 1.69. The van der Waals surface area contributed by atoms with Crippen molar-refractivity contribution in [2.75, 3.05) is 7.11 Å². The number of aliphatic hydroxyl groups is 2. The van der Waals surface area contributed by atoms with Crippen molar-refractivity contribution >= 4 is 0 Å². The Bertz CT molecular complexity index is 116. The van der Waals surface area contributed by atoms with Crippen LogP contribution in [0.3, 0.4) is 0 Å². The summed E-state index contributed by atoms with van der Waals surface area (Å²) in [5, 5.41) is 18.2. The smallest absolute Gasteiger partial charge is 0.186 e. The second-order valence-electron chi connectivity index (χ2n) is 2.43. The first-order chi connectivity index (χ1) is 4.66. The minimum Gasteiger partial charge on any atom is -0.388 e. The van der Waals surface area contributed by atoms with Gasteiger partial charge in [0.25, 0.3) is 0 Å². The van der Waals surface area contributed by atoms with Gasteiger partial charge in [0.15, 0.2) is 6.29 Å². The molecule has 0 saturated carbocycles. The van der Waals surface area contributed by atoms with E-state index in [0.717, 1.165) is 0 Å². The number of ether oxygens (including phenoxy) is 2. The first kappa shape index (κ1) is 7.94. The fraction of sp³-hybridized carbons (Fsp3) is 1.00. The van der Waals surface area contributed by atoms with Crippen LogP contribution in [0.1, 0.15) is 6.92 Å². The van der Waals surface area contributed by atoms with E-state index in [-0.39, 0.29) is 6.10 Å². The normalized spacial score (nSPS) is 48.0. The maximum atomic E-state index is 9.13. The Morgan fingerprint density at radius 3 is 2.10 bits per heavy atom. The molecule has 1 rings (SSSR count). The van der Waals surface area contributed by atoms with Gasteiger partial charge in [0.05, 0.1) is 6.10 Å². The van der Waals surface area contributed by atoms with Crippen LogP contribution in [0.2, 0.25) is 0 Å². The summed E-state index contributed by atoms with van der Waals surface area (Å²) >= 11 is 0. The van der Waals surface area contributed by atoms with Crippen molar-refractivity contribution in [3.8, 4) is 0 Å². The molecule has 1 fully saturated rings. The van der Waals surface area contributed by atoms with Gasteiger partial charge in [-0.15, -0.1) is 0 Å². The maximum absolute atomic E-state index is 9.13. The van der Waals surface area contributed by atoms with Crippen LogP contribution in [-0.4, -0.2) is 41.9 Å². The molecule has 4 unspecified atom stereocenters. The summed E-state index contributed by atoms with van der Waals surface area (Å²) in [5.41, 5.74) is 0. The molecule has 0 radical (unpaired) electrons. The molecule has 1 aliphatic heterocycles. The number of hydrogen-bond acceptors (Lipinski definition) is 4. The summed E-state index contributed by atoms with van der Waals surface area (Å²) in [5.74, 6) is 0. The fourth-order valence-corrected chi connectivity index (χ4v) is 1.01. The van der Waals surface area contributed by atoms with E-state index >= 15 is 0 Å². The zero-order chi connectivity index (χ0) is 7.72. The predicted molar refractivity (Wildman–Crippen MR) is 33.4 cm³/mol. The molecule has 2 N–H and O–H groups in total. The molecule has 0 bridgehead atoms. The molecule has 4 nitrogen and oxygen atoms in total. The quantitative estimate of drug-likeness (QED) is 0.506. The van der Waals surface area contributed by atoms with Crippen LogP contribution < -0.4 is 0 Å². The molecule has 0 aromatic heterocycles. The largest absolute Gasteiger partial charge is 0.388 e. The van der Waals surface area contributed by atoms with E-state index in [9.17, 15) is 0 Å². The van der Waals surface area contributed by atoms with Crippen LogP contribution in [0.25, 0.3) is 0 Å². The third-order valence-corrected chi connectivity index (χ3v) is 1.69. The molecule has 4 atom stereocenters. The molecule has 0 aliphatic carbocycles. The zero-order valence-electron chi connectivity index (χ0n) is 6.02. The van der Waals surface area contributed by atoms with Crippen LogP contribution >= 0.6 is 0 Å². The minimum absolute atomic E-state index is 0.347. The van der Waals surface area contributed by atoms with Crippen molar-refractivity contribution in [2.24, 2.45) is 0 Å². The monoisotopic (exact) mass is 148 g/mol. The fourth-order valence-electron chi connectivity index (χ4n) is 1.01. The topological polar surface area (TPSA) is 58.9 Å². The van der Waals surface area contributed by atoms with Gasteiger partial charge in [0.2, 0.25) is 0 Å². The highest BCUT2D eigenvalue weighted by molar-refractivity contribution is 4.83. The summed E-state index contributed by atoms with van der Waals surface area (Å²) in [6.45, 7) is 1.69. The lowest BCUT2D eigenvalue weighted by Crippen LogP contribution is -2.32. The van der Waals surface area contributed by atoms with Crippen LogP contribution in [0, 0.1) is 0 Å². The number of hydrogen-bond donors (Lipinski definition) is 2. The first-order valence-corrected chi connectivity index (χ1v) is 3.21. The van der Waals surface area contributed by atoms with Crippen molar-refractivity contribution < 1.29 is 19.7 Å². The molecule has 10 heavy (non-hydrogen) atoms. The number of methoxy groups -OCH3 is 1. The average Bonchev–Trinajstić information content (AvgIpc) is 2.17. The molecular formula is C6H12O4. The van der Waals surface area contributed by atoms with E-state index in [4.69, 9.17) is 19.7 Å². The Balaban J connectivity index is 2.53. The summed E-state index contributed by atoms with van der Waals surface area (Å²) in [6.07, 6.45) is -2.77. The van der Waals surface area contributed by atoms with Crippen molar-refractivity contribution in [2.45, 2.75) is 31.5 Å². The first-order valence-electron chi connectivity index (χ1n) is 3.21. The van der Waals surface area contributed by atoms with E-state index in [0.29, 0.717) is 0 Å². The van der Waals surface area contributed by atoms with Gasteiger partial charge in [0.1, 0.15) is 12.2 Å². The second-order valence-corrected chi connectivity index (χ2v) is 2.43. The van der Waals surface area contributed by atoms with E-state index in [1.54, 1.807) is 6.92 Å². The van der Waals surface area contributed by atoms with Crippen LogP contribution in [0.4, 0.5) is 0 Å².